The zero-order chi connectivity index (χ0) is 9.26. The van der Waals surface area contributed by atoms with Gasteiger partial charge in [0.15, 0.2) is 0 Å². The van der Waals surface area contributed by atoms with Crippen LogP contribution in [0.3, 0.4) is 0 Å². The third-order valence-corrected chi connectivity index (χ3v) is 2.90. The number of fused-ring (bicyclic) bond motifs is 1. The molecule has 0 atom stereocenters. The molecule has 0 saturated heterocycles. The first-order valence-electron chi connectivity index (χ1n) is 3.91. The van der Waals surface area contributed by atoms with Gasteiger partial charge in [-0.25, -0.2) is 0 Å². The zero-order valence-corrected chi connectivity index (χ0v) is 9.92. The molecule has 1 aromatic heterocycles. The summed E-state index contributed by atoms with van der Waals surface area (Å²) in [6.07, 6.45) is 1.83. The van der Waals surface area contributed by atoms with Crippen LogP contribution in [0.15, 0.2) is 36.5 Å². The lowest BCUT2D eigenvalue weighted by atomic mass is 10.1. The van der Waals surface area contributed by atoms with Crippen molar-refractivity contribution in [2.75, 3.05) is 0 Å². The van der Waals surface area contributed by atoms with Crippen LogP contribution in [0, 0.1) is 0 Å². The van der Waals surface area contributed by atoms with Crippen LogP contribution in [0.1, 0.15) is 9.30 Å². The van der Waals surface area contributed by atoms with Crippen molar-refractivity contribution in [2.45, 2.75) is 3.74 Å². The summed E-state index contributed by atoms with van der Waals surface area (Å²) in [6, 6.07) is 10.1. The van der Waals surface area contributed by atoms with Gasteiger partial charge in [0.2, 0.25) is 0 Å². The molecule has 0 aliphatic carbocycles. The van der Waals surface area contributed by atoms with Crippen molar-refractivity contribution < 1.29 is 0 Å². The van der Waals surface area contributed by atoms with E-state index in [0.717, 1.165) is 5.52 Å². The molecule has 2 aromatic rings. The Morgan fingerprint density at radius 1 is 1.08 bits per heavy atom. The van der Waals surface area contributed by atoms with E-state index in [0.29, 0.717) is 0 Å². The Bertz CT molecular complexity index is 421. The highest BCUT2D eigenvalue weighted by atomic mass is 79.9. The van der Waals surface area contributed by atoms with Gasteiger partial charge in [-0.2, -0.15) is 0 Å². The number of alkyl halides is 2. The molecule has 13 heavy (non-hydrogen) atoms. The number of halogens is 2. The van der Waals surface area contributed by atoms with Gasteiger partial charge >= 0.3 is 0 Å². The average Bonchev–Trinajstić information content (AvgIpc) is 2.17. The van der Waals surface area contributed by atoms with Crippen molar-refractivity contribution in [1.29, 1.82) is 0 Å². The Hall–Kier alpha value is -0.410. The molecule has 2 rings (SSSR count). The molecule has 0 saturated carbocycles. The topological polar surface area (TPSA) is 12.9 Å². The van der Waals surface area contributed by atoms with Crippen molar-refractivity contribution in [1.82, 2.24) is 4.98 Å². The molecule has 1 nitrogen and oxygen atoms in total. The fourth-order valence-corrected chi connectivity index (χ4v) is 2.11. The average molecular weight is 301 g/mol. The van der Waals surface area contributed by atoms with Crippen molar-refractivity contribution >= 4 is 42.8 Å². The minimum absolute atomic E-state index is 0.188. The number of nitrogens with zero attached hydrogens (tertiary/aromatic N) is 1. The van der Waals surface area contributed by atoms with Crippen molar-refractivity contribution in [3.8, 4) is 0 Å². The first-order valence-corrected chi connectivity index (χ1v) is 5.74. The first kappa shape index (κ1) is 9.16. The first-order chi connectivity index (χ1) is 6.29. The van der Waals surface area contributed by atoms with Gasteiger partial charge in [0.05, 0.1) is 9.25 Å². The Morgan fingerprint density at radius 2 is 1.85 bits per heavy atom. The van der Waals surface area contributed by atoms with Crippen molar-refractivity contribution in [3.05, 3.63) is 42.1 Å². The third kappa shape index (κ3) is 1.76. The number of aromatic nitrogens is 1. The predicted molar refractivity (Wildman–Crippen MR) is 62.3 cm³/mol. The van der Waals surface area contributed by atoms with E-state index in [9.17, 15) is 0 Å². The van der Waals surface area contributed by atoms with E-state index in [2.05, 4.69) is 42.9 Å². The number of para-hydroxylation sites is 1. The minimum Gasteiger partial charge on any atom is -0.256 e. The minimum atomic E-state index is 0.188. The fourth-order valence-electron chi connectivity index (χ4n) is 1.31. The fraction of sp³-hybridized carbons (Fsp3) is 0.100. The van der Waals surface area contributed by atoms with Gasteiger partial charge in [0, 0.05) is 11.6 Å². The van der Waals surface area contributed by atoms with Gasteiger partial charge < -0.3 is 0 Å². The molecule has 0 amide bonds. The molecule has 0 N–H and O–H groups in total. The van der Waals surface area contributed by atoms with E-state index >= 15 is 0 Å². The number of hydrogen-bond acceptors (Lipinski definition) is 1. The summed E-state index contributed by atoms with van der Waals surface area (Å²) in [7, 11) is 0. The van der Waals surface area contributed by atoms with Crippen LogP contribution in [-0.2, 0) is 0 Å². The van der Waals surface area contributed by atoms with Gasteiger partial charge in [0.1, 0.15) is 0 Å². The monoisotopic (exact) mass is 299 g/mol. The number of pyridine rings is 1. The standard InChI is InChI=1S/C10H7Br2N/c11-10(12)8-5-6-13-9-4-2-1-3-7(8)9/h1-6,10H. The maximum Gasteiger partial charge on any atom is 0.0953 e. The Balaban J connectivity index is 2.76. The second-order valence-corrected chi connectivity index (χ2v) is 5.78. The molecule has 0 aliphatic heterocycles. The van der Waals surface area contributed by atoms with Gasteiger partial charge in [-0.15, -0.1) is 0 Å². The molecule has 0 spiro atoms. The van der Waals surface area contributed by atoms with Crippen LogP contribution < -0.4 is 0 Å². The quantitative estimate of drug-likeness (QED) is 0.725. The maximum atomic E-state index is 4.28. The van der Waals surface area contributed by atoms with Crippen LogP contribution in [0.2, 0.25) is 0 Å². The van der Waals surface area contributed by atoms with Crippen molar-refractivity contribution in [2.24, 2.45) is 0 Å². The molecule has 1 aromatic carbocycles. The molecular formula is C10H7Br2N. The summed E-state index contributed by atoms with van der Waals surface area (Å²) in [4.78, 5) is 4.28. The highest BCUT2D eigenvalue weighted by molar-refractivity contribution is 9.24. The lowest BCUT2D eigenvalue weighted by Gasteiger charge is -2.05. The lowest BCUT2D eigenvalue weighted by Crippen LogP contribution is -1.85. The molecule has 3 heteroatoms. The molecule has 0 radical (unpaired) electrons. The number of benzene rings is 1. The molecule has 0 fully saturated rings. The second-order valence-electron chi connectivity index (χ2n) is 2.72. The van der Waals surface area contributed by atoms with E-state index in [1.165, 1.54) is 10.9 Å². The van der Waals surface area contributed by atoms with Crippen molar-refractivity contribution in [3.63, 3.8) is 0 Å². The second kappa shape index (κ2) is 3.76. The third-order valence-electron chi connectivity index (χ3n) is 1.92. The van der Waals surface area contributed by atoms with Crippen LogP contribution in [0.4, 0.5) is 0 Å². The summed E-state index contributed by atoms with van der Waals surface area (Å²) in [5.74, 6) is 0. The normalized spacial score (nSPS) is 11.0. The van der Waals surface area contributed by atoms with Crippen LogP contribution in [-0.4, -0.2) is 4.98 Å². The largest absolute Gasteiger partial charge is 0.256 e. The summed E-state index contributed by atoms with van der Waals surface area (Å²) in [6.45, 7) is 0. The summed E-state index contributed by atoms with van der Waals surface area (Å²) in [5.41, 5.74) is 2.24. The summed E-state index contributed by atoms with van der Waals surface area (Å²) >= 11 is 6.98. The Labute approximate surface area is 93.4 Å². The molecule has 0 bridgehead atoms. The molecular weight excluding hydrogens is 294 g/mol. The SMILES string of the molecule is BrC(Br)c1ccnc2ccccc12. The van der Waals surface area contributed by atoms with Crippen LogP contribution in [0.5, 0.6) is 0 Å². The van der Waals surface area contributed by atoms with E-state index in [1.807, 2.05) is 30.5 Å². The highest BCUT2D eigenvalue weighted by Crippen LogP contribution is 2.33. The highest BCUT2D eigenvalue weighted by Gasteiger charge is 2.06. The smallest absolute Gasteiger partial charge is 0.0953 e. The lowest BCUT2D eigenvalue weighted by molar-refractivity contribution is 1.35. The Kier molecular flexibility index (Phi) is 2.65. The van der Waals surface area contributed by atoms with Crippen LogP contribution >= 0.6 is 31.9 Å². The van der Waals surface area contributed by atoms with E-state index in [-0.39, 0.29) is 3.74 Å². The summed E-state index contributed by atoms with van der Waals surface area (Å²) < 4.78 is 0.188. The predicted octanol–water partition coefficient (Wildman–Crippen LogP) is 4.02. The molecule has 0 unspecified atom stereocenters. The van der Waals surface area contributed by atoms with E-state index < -0.39 is 0 Å². The van der Waals surface area contributed by atoms with E-state index in [4.69, 9.17) is 0 Å². The van der Waals surface area contributed by atoms with Gasteiger partial charge in [-0.05, 0) is 17.7 Å². The molecule has 66 valence electrons. The van der Waals surface area contributed by atoms with Gasteiger partial charge in [0.25, 0.3) is 0 Å². The number of rotatable bonds is 1. The zero-order valence-electron chi connectivity index (χ0n) is 6.74. The summed E-state index contributed by atoms with van der Waals surface area (Å²) in [5, 5.41) is 1.18. The maximum absolute atomic E-state index is 4.28. The molecule has 0 aliphatic rings. The van der Waals surface area contributed by atoms with Crippen LogP contribution in [0.25, 0.3) is 10.9 Å². The Morgan fingerprint density at radius 3 is 2.62 bits per heavy atom. The van der Waals surface area contributed by atoms with E-state index in [1.54, 1.807) is 0 Å². The molecule has 1 heterocycles. The number of hydrogen-bond donors (Lipinski definition) is 0. The van der Waals surface area contributed by atoms with Gasteiger partial charge in [-0.3, -0.25) is 4.98 Å². The van der Waals surface area contributed by atoms with Gasteiger partial charge in [-0.1, -0.05) is 50.1 Å².